The van der Waals surface area contributed by atoms with E-state index in [1.807, 2.05) is 26.0 Å². The SMILES string of the molecule is CCN1CCN(C(=O)C2(S(=O)(=O)c3cc(C)ccc3C)CCCC2)CC1. The van der Waals surface area contributed by atoms with Crippen LogP contribution in [0.15, 0.2) is 23.1 Å². The molecule has 1 saturated carbocycles. The number of carbonyl (C=O) groups is 1. The molecule has 3 rings (SSSR count). The average Bonchev–Trinajstić information content (AvgIpc) is 3.15. The summed E-state index contributed by atoms with van der Waals surface area (Å²) in [5, 5.41) is 0. The van der Waals surface area contributed by atoms with Crippen LogP contribution in [-0.4, -0.2) is 61.6 Å². The van der Waals surface area contributed by atoms with Gasteiger partial charge in [0.25, 0.3) is 0 Å². The Morgan fingerprint density at radius 2 is 1.69 bits per heavy atom. The van der Waals surface area contributed by atoms with Crippen LogP contribution >= 0.6 is 0 Å². The number of piperazine rings is 1. The largest absolute Gasteiger partial charge is 0.339 e. The van der Waals surface area contributed by atoms with Crippen LogP contribution in [0.4, 0.5) is 0 Å². The number of nitrogens with zero attached hydrogens (tertiary/aromatic N) is 2. The second kappa shape index (κ2) is 7.31. The predicted octanol–water partition coefficient (Wildman–Crippen LogP) is 2.55. The molecule has 6 heteroatoms. The van der Waals surface area contributed by atoms with Gasteiger partial charge in [-0.15, -0.1) is 0 Å². The molecule has 0 aromatic heterocycles. The lowest BCUT2D eigenvalue weighted by Gasteiger charge is -2.39. The van der Waals surface area contributed by atoms with Gasteiger partial charge in [-0.1, -0.05) is 31.9 Å². The topological polar surface area (TPSA) is 57.7 Å². The van der Waals surface area contributed by atoms with Crippen LogP contribution in [0.1, 0.15) is 43.7 Å². The first kappa shape index (κ1) is 19.4. The summed E-state index contributed by atoms with van der Waals surface area (Å²) in [6.45, 7) is 9.68. The molecule has 1 aromatic rings. The highest BCUT2D eigenvalue weighted by Gasteiger charge is 2.55. The van der Waals surface area contributed by atoms with Gasteiger partial charge in [-0.05, 0) is 50.4 Å². The molecule has 144 valence electrons. The maximum atomic E-state index is 13.7. The molecule has 0 spiro atoms. The summed E-state index contributed by atoms with van der Waals surface area (Å²) in [4.78, 5) is 17.9. The number of sulfone groups is 1. The molecule has 1 heterocycles. The van der Waals surface area contributed by atoms with Crippen LogP contribution in [0, 0.1) is 13.8 Å². The lowest BCUT2D eigenvalue weighted by molar-refractivity contribution is -0.135. The second-order valence-corrected chi connectivity index (χ2v) is 9.93. The predicted molar refractivity (Wildman–Crippen MR) is 103 cm³/mol. The van der Waals surface area contributed by atoms with Crippen molar-refractivity contribution in [3.05, 3.63) is 29.3 Å². The van der Waals surface area contributed by atoms with Crippen molar-refractivity contribution in [3.8, 4) is 0 Å². The summed E-state index contributed by atoms with van der Waals surface area (Å²) in [6.07, 6.45) is 2.47. The van der Waals surface area contributed by atoms with E-state index < -0.39 is 14.6 Å². The van der Waals surface area contributed by atoms with Gasteiger partial charge in [0, 0.05) is 26.2 Å². The van der Waals surface area contributed by atoms with Crippen molar-refractivity contribution in [2.24, 2.45) is 0 Å². The normalized spacial score (nSPS) is 21.1. The van der Waals surface area contributed by atoms with Crippen LogP contribution in [0.2, 0.25) is 0 Å². The first-order chi connectivity index (χ1) is 12.3. The number of carbonyl (C=O) groups excluding carboxylic acids is 1. The van der Waals surface area contributed by atoms with Crippen LogP contribution in [0.25, 0.3) is 0 Å². The lowest BCUT2D eigenvalue weighted by atomic mass is 10.0. The molecule has 0 radical (unpaired) electrons. The molecule has 1 aromatic carbocycles. The first-order valence-electron chi connectivity index (χ1n) is 9.65. The minimum atomic E-state index is -3.73. The smallest absolute Gasteiger partial charge is 0.244 e. The second-order valence-electron chi connectivity index (χ2n) is 7.70. The number of hydrogen-bond donors (Lipinski definition) is 0. The van der Waals surface area contributed by atoms with Gasteiger partial charge in [0.05, 0.1) is 4.90 Å². The van der Waals surface area contributed by atoms with Crippen LogP contribution in [-0.2, 0) is 14.6 Å². The minimum absolute atomic E-state index is 0.174. The van der Waals surface area contributed by atoms with Gasteiger partial charge in [-0.25, -0.2) is 8.42 Å². The summed E-state index contributed by atoms with van der Waals surface area (Å²) in [6, 6.07) is 5.49. The van der Waals surface area contributed by atoms with Gasteiger partial charge in [-0.3, -0.25) is 4.79 Å². The summed E-state index contributed by atoms with van der Waals surface area (Å²) in [5.74, 6) is -0.174. The molecule has 1 amide bonds. The Hall–Kier alpha value is -1.40. The average molecular weight is 379 g/mol. The number of benzene rings is 1. The van der Waals surface area contributed by atoms with Crippen molar-refractivity contribution < 1.29 is 13.2 Å². The number of likely N-dealkylation sites (N-methyl/N-ethyl adjacent to an activating group) is 1. The standard InChI is InChI=1S/C20H30N2O3S/c1-4-21-11-13-22(14-12-21)19(23)20(9-5-6-10-20)26(24,25)18-15-16(2)7-8-17(18)3/h7-8,15H,4-6,9-14H2,1-3H3. The van der Waals surface area contributed by atoms with Crippen LogP contribution in [0.3, 0.4) is 0 Å². The van der Waals surface area contributed by atoms with Gasteiger partial charge in [0.15, 0.2) is 14.6 Å². The third kappa shape index (κ3) is 3.18. The fraction of sp³-hybridized carbons (Fsp3) is 0.650. The van der Waals surface area contributed by atoms with E-state index in [4.69, 9.17) is 0 Å². The minimum Gasteiger partial charge on any atom is -0.339 e. The highest BCUT2D eigenvalue weighted by molar-refractivity contribution is 7.93. The number of rotatable bonds is 4. The van der Waals surface area contributed by atoms with Gasteiger partial charge < -0.3 is 9.80 Å². The molecular weight excluding hydrogens is 348 g/mol. The molecular formula is C20H30N2O3S. The van der Waals surface area contributed by atoms with E-state index in [-0.39, 0.29) is 5.91 Å². The van der Waals surface area contributed by atoms with E-state index in [9.17, 15) is 13.2 Å². The summed E-state index contributed by atoms with van der Waals surface area (Å²) >= 11 is 0. The molecule has 26 heavy (non-hydrogen) atoms. The summed E-state index contributed by atoms with van der Waals surface area (Å²) in [7, 11) is -3.73. The molecule has 2 fully saturated rings. The Labute approximate surface area is 157 Å². The monoisotopic (exact) mass is 378 g/mol. The Balaban J connectivity index is 1.97. The molecule has 2 aliphatic rings. The zero-order valence-electron chi connectivity index (χ0n) is 16.1. The van der Waals surface area contributed by atoms with Crippen molar-refractivity contribution in [1.82, 2.24) is 9.80 Å². The molecule has 1 saturated heterocycles. The fourth-order valence-electron chi connectivity index (χ4n) is 4.31. The van der Waals surface area contributed by atoms with Gasteiger partial charge >= 0.3 is 0 Å². The third-order valence-electron chi connectivity index (χ3n) is 6.06. The summed E-state index contributed by atoms with van der Waals surface area (Å²) in [5.41, 5.74) is 1.64. The first-order valence-corrected chi connectivity index (χ1v) is 11.1. The molecule has 0 N–H and O–H groups in total. The van der Waals surface area contributed by atoms with E-state index in [0.29, 0.717) is 30.8 Å². The molecule has 5 nitrogen and oxygen atoms in total. The Morgan fingerprint density at radius 1 is 1.08 bits per heavy atom. The van der Waals surface area contributed by atoms with Crippen molar-refractivity contribution in [1.29, 1.82) is 0 Å². The lowest BCUT2D eigenvalue weighted by Crippen LogP contribution is -2.57. The highest BCUT2D eigenvalue weighted by atomic mass is 32.2. The van der Waals surface area contributed by atoms with Crippen molar-refractivity contribution in [2.45, 2.75) is 56.1 Å². The Kier molecular flexibility index (Phi) is 5.45. The molecule has 1 aliphatic carbocycles. The number of hydrogen-bond acceptors (Lipinski definition) is 4. The van der Waals surface area contributed by atoms with Crippen LogP contribution in [0.5, 0.6) is 0 Å². The Bertz CT molecular complexity index is 774. The highest BCUT2D eigenvalue weighted by Crippen LogP contribution is 2.43. The van der Waals surface area contributed by atoms with E-state index in [1.165, 1.54) is 0 Å². The van der Waals surface area contributed by atoms with Gasteiger partial charge in [0.2, 0.25) is 5.91 Å². The zero-order valence-corrected chi connectivity index (χ0v) is 16.9. The number of amides is 1. The van der Waals surface area contributed by atoms with Crippen molar-refractivity contribution in [3.63, 3.8) is 0 Å². The van der Waals surface area contributed by atoms with Crippen molar-refractivity contribution >= 4 is 15.7 Å². The van der Waals surface area contributed by atoms with E-state index in [0.717, 1.165) is 43.6 Å². The molecule has 0 atom stereocenters. The quantitative estimate of drug-likeness (QED) is 0.808. The van der Waals surface area contributed by atoms with E-state index in [2.05, 4.69) is 11.8 Å². The molecule has 0 bridgehead atoms. The fourth-order valence-corrected chi connectivity index (χ4v) is 6.75. The molecule has 0 unspecified atom stereocenters. The van der Waals surface area contributed by atoms with Gasteiger partial charge in [0.1, 0.15) is 0 Å². The van der Waals surface area contributed by atoms with Gasteiger partial charge in [-0.2, -0.15) is 0 Å². The maximum Gasteiger partial charge on any atom is 0.244 e. The van der Waals surface area contributed by atoms with Crippen molar-refractivity contribution in [2.75, 3.05) is 32.7 Å². The third-order valence-corrected chi connectivity index (χ3v) is 8.69. The Morgan fingerprint density at radius 3 is 2.27 bits per heavy atom. The van der Waals surface area contributed by atoms with E-state index >= 15 is 0 Å². The summed E-state index contributed by atoms with van der Waals surface area (Å²) < 4.78 is 26.1. The maximum absolute atomic E-state index is 13.7. The number of aryl methyl sites for hydroxylation is 2. The zero-order chi connectivity index (χ0) is 18.9. The molecule has 1 aliphatic heterocycles. The van der Waals surface area contributed by atoms with E-state index in [1.54, 1.807) is 11.0 Å². The van der Waals surface area contributed by atoms with Crippen LogP contribution < -0.4 is 0 Å².